The maximum absolute atomic E-state index is 11.9. The van der Waals surface area contributed by atoms with Gasteiger partial charge in [-0.2, -0.15) is 0 Å². The highest BCUT2D eigenvalue weighted by Gasteiger charge is 2.28. The predicted molar refractivity (Wildman–Crippen MR) is 91.4 cm³/mol. The van der Waals surface area contributed by atoms with Gasteiger partial charge >= 0.3 is 11.9 Å². The quantitative estimate of drug-likeness (QED) is 0.726. The van der Waals surface area contributed by atoms with E-state index in [2.05, 4.69) is 12.1 Å². The van der Waals surface area contributed by atoms with E-state index >= 15 is 0 Å². The van der Waals surface area contributed by atoms with Gasteiger partial charge < -0.3 is 9.84 Å². The first-order valence-electron chi connectivity index (χ1n) is 8.22. The number of hydrogen-bond donors (Lipinski definition) is 1. The molecule has 0 amide bonds. The smallest absolute Gasteiger partial charge is 0.306 e. The summed E-state index contributed by atoms with van der Waals surface area (Å²) in [5, 5.41) is 8.95. The van der Waals surface area contributed by atoms with Crippen molar-refractivity contribution in [1.82, 2.24) is 0 Å². The first-order chi connectivity index (χ1) is 11.1. The van der Waals surface area contributed by atoms with E-state index in [0.29, 0.717) is 11.7 Å². The van der Waals surface area contributed by atoms with Crippen molar-refractivity contribution in [3.63, 3.8) is 0 Å². The Morgan fingerprint density at radius 1 is 1.13 bits per heavy atom. The first kappa shape index (κ1) is 17.9. The Balaban J connectivity index is 1.78. The maximum atomic E-state index is 11.9. The number of carbonyl (C=O) groups excluding carboxylic acids is 1. The van der Waals surface area contributed by atoms with Crippen LogP contribution in [0.15, 0.2) is 30.3 Å². The average molecular weight is 336 g/mol. The number of ether oxygens (including phenoxy) is 1. The molecule has 126 valence electrons. The number of carboxylic acid groups (broad SMARTS) is 1. The van der Waals surface area contributed by atoms with Crippen LogP contribution in [0.5, 0.6) is 0 Å². The van der Waals surface area contributed by atoms with Crippen molar-refractivity contribution in [3.05, 3.63) is 35.9 Å². The normalized spacial score (nSPS) is 20.9. The molecule has 0 bridgehead atoms. The second-order valence-corrected chi connectivity index (χ2v) is 7.12. The Morgan fingerprint density at radius 3 is 2.61 bits per heavy atom. The van der Waals surface area contributed by atoms with Crippen molar-refractivity contribution in [2.75, 3.05) is 0 Å². The average Bonchev–Trinajstić information content (AvgIpc) is 2.54. The van der Waals surface area contributed by atoms with E-state index in [1.807, 2.05) is 30.0 Å². The summed E-state index contributed by atoms with van der Waals surface area (Å²) in [6.45, 7) is 0. The van der Waals surface area contributed by atoms with Gasteiger partial charge in [-0.3, -0.25) is 9.59 Å². The molecule has 0 spiro atoms. The van der Waals surface area contributed by atoms with Gasteiger partial charge in [0.2, 0.25) is 0 Å². The number of esters is 1. The van der Waals surface area contributed by atoms with E-state index < -0.39 is 5.97 Å². The molecule has 2 rings (SSSR count). The molecule has 4 nitrogen and oxygen atoms in total. The highest BCUT2D eigenvalue weighted by molar-refractivity contribution is 7.99. The first-order valence-corrected chi connectivity index (χ1v) is 9.27. The maximum Gasteiger partial charge on any atom is 0.306 e. The summed E-state index contributed by atoms with van der Waals surface area (Å²) in [6, 6.07) is 10.3. The van der Waals surface area contributed by atoms with Crippen LogP contribution in [-0.2, 0) is 20.1 Å². The van der Waals surface area contributed by atoms with Crippen LogP contribution < -0.4 is 0 Å². The van der Waals surface area contributed by atoms with Crippen molar-refractivity contribution in [2.24, 2.45) is 0 Å². The van der Waals surface area contributed by atoms with E-state index in [1.165, 1.54) is 12.0 Å². The summed E-state index contributed by atoms with van der Waals surface area (Å²) < 4.78 is 5.62. The van der Waals surface area contributed by atoms with Crippen molar-refractivity contribution in [3.8, 4) is 0 Å². The van der Waals surface area contributed by atoms with Crippen LogP contribution in [-0.4, -0.2) is 28.4 Å². The summed E-state index contributed by atoms with van der Waals surface area (Å²) in [4.78, 5) is 22.4. The van der Waals surface area contributed by atoms with E-state index in [4.69, 9.17) is 9.84 Å². The van der Waals surface area contributed by atoms with Gasteiger partial charge in [-0.1, -0.05) is 36.8 Å². The van der Waals surface area contributed by atoms with Crippen LogP contribution in [0.25, 0.3) is 0 Å². The molecule has 1 N–H and O–H groups in total. The fourth-order valence-corrected chi connectivity index (χ4v) is 4.12. The van der Waals surface area contributed by atoms with Gasteiger partial charge in [0.1, 0.15) is 6.10 Å². The highest BCUT2D eigenvalue weighted by Crippen LogP contribution is 2.33. The summed E-state index contributed by atoms with van der Waals surface area (Å²) in [5.74, 6) is -0.200. The zero-order chi connectivity index (χ0) is 16.5. The number of thioether (sulfide) groups is 1. The molecule has 1 aliphatic rings. The van der Waals surface area contributed by atoms with Gasteiger partial charge in [0.05, 0.1) is 0 Å². The standard InChI is InChI=1S/C18H24O4S/c19-17(20)11-6-12-18(21)22-15-9-4-5-10-16(15)23-13-14-7-2-1-3-8-14/h1-3,7-8,15-16H,4-6,9-13H2,(H,19,20)/t15-,16-/m1/s1. The van der Waals surface area contributed by atoms with Crippen molar-refractivity contribution in [2.45, 2.75) is 62.1 Å². The molecule has 0 aliphatic heterocycles. The Bertz CT molecular complexity index is 503. The van der Waals surface area contributed by atoms with Gasteiger partial charge in [-0.15, -0.1) is 11.8 Å². The van der Waals surface area contributed by atoms with Crippen LogP contribution in [0, 0.1) is 0 Å². The molecule has 1 fully saturated rings. The summed E-state index contributed by atoms with van der Waals surface area (Å²) in [6.07, 6.45) is 4.79. The molecule has 1 aromatic carbocycles. The molecular weight excluding hydrogens is 312 g/mol. The van der Waals surface area contributed by atoms with E-state index in [1.54, 1.807) is 0 Å². The second kappa shape index (κ2) is 9.60. The van der Waals surface area contributed by atoms with E-state index in [-0.39, 0.29) is 24.9 Å². The lowest BCUT2D eigenvalue weighted by Crippen LogP contribution is -2.32. The van der Waals surface area contributed by atoms with Crippen LogP contribution >= 0.6 is 11.8 Å². The van der Waals surface area contributed by atoms with Gasteiger partial charge in [-0.05, 0) is 31.2 Å². The van der Waals surface area contributed by atoms with Gasteiger partial charge in [0, 0.05) is 23.8 Å². The molecule has 0 radical (unpaired) electrons. The molecule has 5 heteroatoms. The van der Waals surface area contributed by atoms with Crippen LogP contribution in [0.1, 0.15) is 50.5 Å². The third kappa shape index (κ3) is 6.65. The minimum atomic E-state index is -0.869. The topological polar surface area (TPSA) is 63.6 Å². The molecule has 1 aromatic rings. The zero-order valence-corrected chi connectivity index (χ0v) is 14.1. The fourth-order valence-electron chi connectivity index (χ4n) is 2.78. The van der Waals surface area contributed by atoms with Gasteiger partial charge in [0.15, 0.2) is 0 Å². The number of benzene rings is 1. The molecule has 1 aliphatic carbocycles. The monoisotopic (exact) mass is 336 g/mol. The van der Waals surface area contributed by atoms with E-state index in [9.17, 15) is 9.59 Å². The van der Waals surface area contributed by atoms with Gasteiger partial charge in [-0.25, -0.2) is 0 Å². The zero-order valence-electron chi connectivity index (χ0n) is 13.3. The SMILES string of the molecule is O=C(O)CCCC(=O)O[C@@H]1CCCC[C@H]1SCc1ccccc1. The molecular formula is C18H24O4S. The Kier molecular flexibility index (Phi) is 7.46. The third-order valence-corrected chi connectivity index (χ3v) is 5.47. The van der Waals surface area contributed by atoms with Crippen LogP contribution in [0.4, 0.5) is 0 Å². The summed E-state index contributed by atoms with van der Waals surface area (Å²) >= 11 is 1.86. The lowest BCUT2D eigenvalue weighted by Gasteiger charge is -2.30. The predicted octanol–water partition coefficient (Wildman–Crippen LogP) is 4.03. The Morgan fingerprint density at radius 2 is 1.87 bits per heavy atom. The van der Waals surface area contributed by atoms with Crippen molar-refractivity contribution >= 4 is 23.7 Å². The lowest BCUT2D eigenvalue weighted by atomic mass is 9.97. The highest BCUT2D eigenvalue weighted by atomic mass is 32.2. The Hall–Kier alpha value is -1.49. The van der Waals surface area contributed by atoms with Crippen molar-refractivity contribution in [1.29, 1.82) is 0 Å². The molecule has 2 atom stereocenters. The number of aliphatic carboxylic acids is 1. The second-order valence-electron chi connectivity index (χ2n) is 5.90. The fraction of sp³-hybridized carbons (Fsp3) is 0.556. The van der Waals surface area contributed by atoms with Crippen LogP contribution in [0.3, 0.4) is 0 Å². The molecule has 0 unspecified atom stereocenters. The molecule has 0 heterocycles. The third-order valence-electron chi connectivity index (χ3n) is 4.00. The minimum Gasteiger partial charge on any atom is -0.481 e. The van der Waals surface area contributed by atoms with Crippen LogP contribution in [0.2, 0.25) is 0 Å². The number of carbonyl (C=O) groups is 2. The molecule has 0 saturated heterocycles. The molecule has 1 saturated carbocycles. The summed E-state index contributed by atoms with van der Waals surface area (Å²) in [7, 11) is 0. The molecule has 23 heavy (non-hydrogen) atoms. The number of hydrogen-bond acceptors (Lipinski definition) is 4. The van der Waals surface area contributed by atoms with Gasteiger partial charge in [0.25, 0.3) is 0 Å². The Labute approximate surface area is 141 Å². The molecule has 0 aromatic heterocycles. The lowest BCUT2D eigenvalue weighted by molar-refractivity contribution is -0.150. The number of carboxylic acids is 1. The van der Waals surface area contributed by atoms with Crippen molar-refractivity contribution < 1.29 is 19.4 Å². The number of rotatable bonds is 8. The van der Waals surface area contributed by atoms with E-state index in [0.717, 1.165) is 25.0 Å². The largest absolute Gasteiger partial charge is 0.481 e. The minimum absolute atomic E-state index is 0.0198. The summed E-state index contributed by atoms with van der Waals surface area (Å²) in [5.41, 5.74) is 1.29.